The molecule has 0 nitrogen and oxygen atoms in total. The number of benzene rings is 7. The van der Waals surface area contributed by atoms with Crippen LogP contribution in [-0.4, -0.2) is 0 Å². The smallest absolute Gasteiger partial charge is 0.200 e. The number of hydrogen-bond donors (Lipinski definition) is 0. The summed E-state index contributed by atoms with van der Waals surface area (Å²) in [4.78, 5) is 0. The van der Waals surface area contributed by atoms with Crippen LogP contribution >= 0.6 is 0 Å². The third-order valence-electron chi connectivity index (χ3n) is 8.54. The van der Waals surface area contributed by atoms with E-state index in [1.807, 2.05) is 0 Å². The Kier molecular flexibility index (Phi) is 24.4. The van der Waals surface area contributed by atoms with Crippen LogP contribution in [0.15, 0.2) is 84.9 Å². The van der Waals surface area contributed by atoms with E-state index in [0.29, 0.717) is 28.8 Å². The topological polar surface area (TPSA) is 0 Å². The molecule has 7 aromatic rings. The lowest BCUT2D eigenvalue weighted by Gasteiger charge is -2.02. The standard InChI is InChI=1S/C7H3F5.C7H4F4.2C7H5F3.3C7H6F2/c1-2-3(8)5(10)7(12)6(11)4(2)9;1-3-2-4(8)6(10)7(11)5(3)9;1-4-2-6(9)7(10)3-5(4)8;1-4-2-3-5(8)7(10)6(4)9;1-5-4-6(8)2-3-7(5)9;1-5-2-3-6(8)4-7(5)9;1-5-3-2-4-6(8)7(5)9/h1H3;2H,1H3;2*2-3H,1H3;3*2-4H,1H3. The van der Waals surface area contributed by atoms with Crippen LogP contribution in [0.4, 0.5) is 92.2 Å². The van der Waals surface area contributed by atoms with Crippen LogP contribution < -0.4 is 0 Å². The first-order chi connectivity index (χ1) is 32.3. The van der Waals surface area contributed by atoms with E-state index in [-0.39, 0.29) is 22.5 Å². The Balaban J connectivity index is 0.000000409. The van der Waals surface area contributed by atoms with Crippen molar-refractivity contribution in [1.82, 2.24) is 0 Å². The van der Waals surface area contributed by atoms with Crippen molar-refractivity contribution >= 4 is 0 Å². The Morgan fingerprint density at radius 2 is 0.571 bits per heavy atom. The molecule has 0 aromatic heterocycles. The Hall–Kier alpha value is -6.93. The van der Waals surface area contributed by atoms with E-state index in [9.17, 15) is 92.2 Å². The summed E-state index contributed by atoms with van der Waals surface area (Å²) in [6.45, 7) is 9.36. The highest BCUT2D eigenvalue weighted by Crippen LogP contribution is 2.22. The van der Waals surface area contributed by atoms with Crippen molar-refractivity contribution in [1.29, 1.82) is 0 Å². The zero-order valence-corrected chi connectivity index (χ0v) is 37.0. The lowest BCUT2D eigenvalue weighted by atomic mass is 10.2. The van der Waals surface area contributed by atoms with E-state index >= 15 is 0 Å². The van der Waals surface area contributed by atoms with Crippen molar-refractivity contribution in [3.05, 3.63) is 246 Å². The molecule has 70 heavy (non-hydrogen) atoms. The van der Waals surface area contributed by atoms with E-state index in [4.69, 9.17) is 0 Å². The molecule has 0 aliphatic rings. The maximum absolute atomic E-state index is 12.4. The summed E-state index contributed by atoms with van der Waals surface area (Å²) in [6.07, 6.45) is 0. The molecule has 0 spiro atoms. The summed E-state index contributed by atoms with van der Waals surface area (Å²) in [7, 11) is 0. The van der Waals surface area contributed by atoms with Crippen molar-refractivity contribution in [2.24, 2.45) is 0 Å². The van der Waals surface area contributed by atoms with Gasteiger partial charge in [-0.2, -0.15) is 0 Å². The van der Waals surface area contributed by atoms with Crippen molar-refractivity contribution in [3.8, 4) is 0 Å². The number of hydrogen-bond acceptors (Lipinski definition) is 0. The molecule has 0 fully saturated rings. The first kappa shape index (κ1) is 61.1. The van der Waals surface area contributed by atoms with E-state index < -0.39 is 122 Å². The third-order valence-corrected chi connectivity index (χ3v) is 8.54. The molecular formula is C49H35F21. The minimum atomic E-state index is -2.13. The fourth-order valence-corrected chi connectivity index (χ4v) is 4.44. The SMILES string of the molecule is Cc1c(F)c(F)c(F)c(F)c1F.Cc1cc(F)c(F)c(F)c1F.Cc1cc(F)c(F)cc1F.Cc1cc(F)ccc1F.Cc1ccc(F)c(F)c1F.Cc1ccc(F)cc1F.Cc1cccc(F)c1F. The molecule has 0 amide bonds. The van der Waals surface area contributed by atoms with Crippen LogP contribution in [0.3, 0.4) is 0 Å². The van der Waals surface area contributed by atoms with E-state index in [1.54, 1.807) is 6.92 Å². The molecule has 0 radical (unpaired) electrons. The molecular weight excluding hydrogens is 987 g/mol. The fraction of sp³-hybridized carbons (Fsp3) is 0.143. The van der Waals surface area contributed by atoms with Crippen LogP contribution in [0.25, 0.3) is 0 Å². The Morgan fingerprint density at radius 1 is 0.200 bits per heavy atom. The average Bonchev–Trinajstić information content (AvgIpc) is 3.31. The highest BCUT2D eigenvalue weighted by molar-refractivity contribution is 5.24. The fourth-order valence-electron chi connectivity index (χ4n) is 4.44. The molecule has 21 heteroatoms. The molecule has 0 unspecified atom stereocenters. The van der Waals surface area contributed by atoms with Gasteiger partial charge in [0.1, 0.15) is 29.1 Å². The van der Waals surface area contributed by atoms with Gasteiger partial charge >= 0.3 is 0 Å². The molecule has 7 aromatic carbocycles. The molecule has 0 saturated heterocycles. The zero-order valence-electron chi connectivity index (χ0n) is 37.0. The van der Waals surface area contributed by atoms with Crippen molar-refractivity contribution in [2.75, 3.05) is 0 Å². The first-order valence-electron chi connectivity index (χ1n) is 19.1. The van der Waals surface area contributed by atoms with Gasteiger partial charge < -0.3 is 0 Å². The Labute approximate surface area is 386 Å². The van der Waals surface area contributed by atoms with Gasteiger partial charge in [-0.15, -0.1) is 0 Å². The largest absolute Gasteiger partial charge is 0.207 e. The van der Waals surface area contributed by atoms with Gasteiger partial charge in [-0.05, 0) is 130 Å². The van der Waals surface area contributed by atoms with Crippen molar-refractivity contribution in [2.45, 2.75) is 48.5 Å². The molecule has 0 atom stereocenters. The summed E-state index contributed by atoms with van der Waals surface area (Å²) in [5.74, 6) is -25.6. The highest BCUT2D eigenvalue weighted by atomic mass is 19.2. The Bertz CT molecular complexity index is 2600. The molecule has 0 aliphatic carbocycles. The second-order valence-electron chi connectivity index (χ2n) is 14.0. The number of halogens is 21. The van der Waals surface area contributed by atoms with Crippen LogP contribution in [-0.2, 0) is 0 Å². The molecule has 378 valence electrons. The van der Waals surface area contributed by atoms with Gasteiger partial charge in [0.15, 0.2) is 87.3 Å². The van der Waals surface area contributed by atoms with Gasteiger partial charge in [0.05, 0.1) is 0 Å². The first-order valence-corrected chi connectivity index (χ1v) is 19.1. The van der Waals surface area contributed by atoms with Gasteiger partial charge in [-0.3, -0.25) is 0 Å². The second kappa shape index (κ2) is 27.9. The third kappa shape index (κ3) is 18.2. The van der Waals surface area contributed by atoms with Gasteiger partial charge in [-0.25, -0.2) is 92.2 Å². The second-order valence-corrected chi connectivity index (χ2v) is 14.0. The molecule has 7 rings (SSSR count). The van der Waals surface area contributed by atoms with E-state index in [1.165, 1.54) is 58.0 Å². The molecule has 0 N–H and O–H groups in total. The maximum Gasteiger partial charge on any atom is 0.200 e. The van der Waals surface area contributed by atoms with Gasteiger partial charge in [-0.1, -0.05) is 24.3 Å². The quantitative estimate of drug-likeness (QED) is 0.0807. The molecule has 0 heterocycles. The van der Waals surface area contributed by atoms with Crippen LogP contribution in [0.2, 0.25) is 0 Å². The predicted molar refractivity (Wildman–Crippen MR) is 217 cm³/mol. The van der Waals surface area contributed by atoms with E-state index in [2.05, 4.69) is 0 Å². The van der Waals surface area contributed by atoms with Gasteiger partial charge in [0.2, 0.25) is 5.82 Å². The molecule has 0 saturated carbocycles. The normalized spacial score (nSPS) is 10.0. The summed E-state index contributed by atoms with van der Waals surface area (Å²) in [5, 5.41) is 0. The summed E-state index contributed by atoms with van der Waals surface area (Å²) in [6, 6.07) is 15.0. The van der Waals surface area contributed by atoms with Crippen LogP contribution in [0, 0.1) is 171 Å². The summed E-state index contributed by atoms with van der Waals surface area (Å²) in [5.41, 5.74) is 0.256. The number of aryl methyl sites for hydroxylation is 6. The minimum Gasteiger partial charge on any atom is -0.207 e. The van der Waals surface area contributed by atoms with Crippen LogP contribution in [0.5, 0.6) is 0 Å². The lowest BCUT2D eigenvalue weighted by molar-refractivity contribution is 0.373. The number of rotatable bonds is 0. The van der Waals surface area contributed by atoms with Crippen molar-refractivity contribution < 1.29 is 92.2 Å². The van der Waals surface area contributed by atoms with E-state index in [0.717, 1.165) is 56.3 Å². The molecule has 0 bridgehead atoms. The monoisotopic (exact) mass is 1020 g/mol. The lowest BCUT2D eigenvalue weighted by Crippen LogP contribution is -2.03. The van der Waals surface area contributed by atoms with Gasteiger partial charge in [0, 0.05) is 17.7 Å². The highest BCUT2D eigenvalue weighted by Gasteiger charge is 2.23. The average molecular weight is 1020 g/mol. The summed E-state index contributed by atoms with van der Waals surface area (Å²) >= 11 is 0. The predicted octanol–water partition coefficient (Wildman–Crippen LogP) is 16.9. The minimum absolute atomic E-state index is 0.110. The summed E-state index contributed by atoms with van der Waals surface area (Å²) < 4.78 is 258. The zero-order chi connectivity index (χ0) is 54.1. The van der Waals surface area contributed by atoms with Crippen LogP contribution in [0.1, 0.15) is 38.9 Å². The Morgan fingerprint density at radius 3 is 1.03 bits per heavy atom. The van der Waals surface area contributed by atoms with Crippen molar-refractivity contribution in [3.63, 3.8) is 0 Å². The maximum atomic E-state index is 12.4. The van der Waals surface area contributed by atoms with Gasteiger partial charge in [0.25, 0.3) is 0 Å². The molecule has 0 aliphatic heterocycles.